The van der Waals surface area contributed by atoms with Gasteiger partial charge in [0.15, 0.2) is 0 Å². The van der Waals surface area contributed by atoms with Crippen molar-refractivity contribution in [2.75, 3.05) is 13.2 Å². The Morgan fingerprint density at radius 1 is 1.67 bits per heavy atom. The van der Waals surface area contributed by atoms with Crippen molar-refractivity contribution in [3.63, 3.8) is 0 Å². The molecule has 0 amide bonds. The zero-order valence-corrected chi connectivity index (χ0v) is 7.66. The zero-order chi connectivity index (χ0) is 8.39. The summed E-state index contributed by atoms with van der Waals surface area (Å²) in [6.45, 7) is 1.70. The van der Waals surface area contributed by atoms with E-state index in [0.29, 0.717) is 12.3 Å². The highest BCUT2D eigenvalue weighted by Crippen LogP contribution is 2.31. The molecule has 1 nitrogen and oxygen atoms in total. The van der Waals surface area contributed by atoms with Crippen LogP contribution < -0.4 is 5.32 Å². The molecular weight excluding hydrogens is 173 g/mol. The Kier molecular flexibility index (Phi) is 2.42. The Balaban J connectivity index is 2.19. The van der Waals surface area contributed by atoms with E-state index in [1.54, 1.807) is 11.3 Å². The molecule has 1 aliphatic heterocycles. The largest absolute Gasteiger partial charge is 0.312 e. The molecule has 0 saturated carbocycles. The van der Waals surface area contributed by atoms with Gasteiger partial charge >= 0.3 is 0 Å². The molecule has 0 spiro atoms. The first kappa shape index (κ1) is 8.20. The van der Waals surface area contributed by atoms with Crippen LogP contribution in [0, 0.1) is 0 Å². The number of thiophene rings is 1. The number of hydrogen-bond acceptors (Lipinski definition) is 2. The van der Waals surface area contributed by atoms with Gasteiger partial charge in [-0.15, -0.1) is 11.3 Å². The summed E-state index contributed by atoms with van der Waals surface area (Å²) in [7, 11) is 0. The zero-order valence-electron chi connectivity index (χ0n) is 6.85. The van der Waals surface area contributed by atoms with Crippen molar-refractivity contribution in [2.24, 2.45) is 0 Å². The maximum absolute atomic E-state index is 12.2. The van der Waals surface area contributed by atoms with E-state index in [2.05, 4.69) is 16.8 Å². The lowest BCUT2D eigenvalue weighted by Crippen LogP contribution is -2.27. The van der Waals surface area contributed by atoms with Crippen molar-refractivity contribution < 1.29 is 4.39 Å². The van der Waals surface area contributed by atoms with Gasteiger partial charge in [0.2, 0.25) is 0 Å². The van der Waals surface area contributed by atoms with Crippen molar-refractivity contribution in [3.8, 4) is 0 Å². The molecule has 1 aromatic rings. The summed E-state index contributed by atoms with van der Waals surface area (Å²) in [4.78, 5) is 1.39. The van der Waals surface area contributed by atoms with Crippen LogP contribution in [0.25, 0.3) is 0 Å². The van der Waals surface area contributed by atoms with E-state index < -0.39 is 0 Å². The van der Waals surface area contributed by atoms with Gasteiger partial charge in [-0.2, -0.15) is 0 Å². The van der Waals surface area contributed by atoms with Crippen molar-refractivity contribution in [1.29, 1.82) is 0 Å². The molecule has 0 fully saturated rings. The Hall–Kier alpha value is -0.410. The molecule has 0 bridgehead atoms. The van der Waals surface area contributed by atoms with Gasteiger partial charge in [-0.1, -0.05) is 0 Å². The van der Waals surface area contributed by atoms with Crippen LogP contribution >= 0.6 is 11.3 Å². The molecule has 0 aromatic carbocycles. The summed E-state index contributed by atoms with van der Waals surface area (Å²) in [5.41, 5.74) is 1.37. The van der Waals surface area contributed by atoms with Gasteiger partial charge in [-0.25, -0.2) is 0 Å². The van der Waals surface area contributed by atoms with Gasteiger partial charge < -0.3 is 5.32 Å². The van der Waals surface area contributed by atoms with E-state index in [1.807, 2.05) is 0 Å². The van der Waals surface area contributed by atoms with E-state index in [1.165, 1.54) is 10.4 Å². The van der Waals surface area contributed by atoms with Crippen LogP contribution in [0.3, 0.4) is 0 Å². The fourth-order valence-corrected chi connectivity index (χ4v) is 2.75. The fourth-order valence-electron chi connectivity index (χ4n) is 1.69. The summed E-state index contributed by atoms with van der Waals surface area (Å²) < 4.78 is 12.2. The SMILES string of the molecule is FCCC1CNCc2ccsc21. The van der Waals surface area contributed by atoms with Crippen molar-refractivity contribution >= 4 is 11.3 Å². The minimum atomic E-state index is -0.205. The van der Waals surface area contributed by atoms with E-state index in [4.69, 9.17) is 0 Å². The highest BCUT2D eigenvalue weighted by atomic mass is 32.1. The smallest absolute Gasteiger partial charge is 0.0901 e. The normalized spacial score (nSPS) is 22.2. The molecule has 1 unspecified atom stereocenters. The lowest BCUT2D eigenvalue weighted by Gasteiger charge is -2.22. The molecule has 0 saturated heterocycles. The third-order valence-corrected chi connectivity index (χ3v) is 3.44. The molecule has 66 valence electrons. The van der Waals surface area contributed by atoms with Crippen LogP contribution in [0.5, 0.6) is 0 Å². The van der Waals surface area contributed by atoms with Gasteiger partial charge in [0.05, 0.1) is 6.67 Å². The maximum Gasteiger partial charge on any atom is 0.0901 e. The Labute approximate surface area is 75.6 Å². The first-order chi connectivity index (χ1) is 5.92. The van der Waals surface area contributed by atoms with Crippen molar-refractivity contribution in [2.45, 2.75) is 18.9 Å². The summed E-state index contributed by atoms with van der Waals surface area (Å²) in [6.07, 6.45) is 0.667. The van der Waals surface area contributed by atoms with E-state index >= 15 is 0 Å². The minimum absolute atomic E-state index is 0.205. The standard InChI is InChI=1S/C9H12FNS/c10-3-1-7-5-11-6-8-2-4-12-9(7)8/h2,4,7,11H,1,3,5-6H2. The van der Waals surface area contributed by atoms with E-state index in [9.17, 15) is 4.39 Å². The van der Waals surface area contributed by atoms with Gasteiger partial charge in [-0.3, -0.25) is 4.39 Å². The molecule has 2 heterocycles. The van der Waals surface area contributed by atoms with Crippen molar-refractivity contribution in [3.05, 3.63) is 21.9 Å². The lowest BCUT2D eigenvalue weighted by atomic mass is 9.97. The predicted molar refractivity (Wildman–Crippen MR) is 49.4 cm³/mol. The number of rotatable bonds is 2. The van der Waals surface area contributed by atoms with Crippen molar-refractivity contribution in [1.82, 2.24) is 5.32 Å². The van der Waals surface area contributed by atoms with Gasteiger partial charge in [-0.05, 0) is 23.4 Å². The molecule has 2 rings (SSSR count). The van der Waals surface area contributed by atoms with E-state index in [-0.39, 0.29) is 6.67 Å². The molecule has 1 N–H and O–H groups in total. The molecule has 1 aliphatic rings. The fraction of sp³-hybridized carbons (Fsp3) is 0.556. The first-order valence-electron chi connectivity index (χ1n) is 4.24. The predicted octanol–water partition coefficient (Wildman–Crippen LogP) is 2.29. The number of hydrogen-bond donors (Lipinski definition) is 1. The Morgan fingerprint density at radius 2 is 2.58 bits per heavy atom. The van der Waals surface area contributed by atoms with Crippen LogP contribution in [0.2, 0.25) is 0 Å². The summed E-state index contributed by atoms with van der Waals surface area (Å²) in [5, 5.41) is 5.40. The average Bonchev–Trinajstić information content (AvgIpc) is 2.53. The summed E-state index contributed by atoms with van der Waals surface area (Å²) in [6, 6.07) is 2.14. The third-order valence-electron chi connectivity index (χ3n) is 2.32. The van der Waals surface area contributed by atoms with Crippen LogP contribution in [-0.2, 0) is 6.54 Å². The highest BCUT2D eigenvalue weighted by Gasteiger charge is 2.20. The number of nitrogens with one attached hydrogen (secondary N) is 1. The summed E-state index contributed by atoms with van der Waals surface area (Å²) >= 11 is 1.77. The summed E-state index contributed by atoms with van der Waals surface area (Å²) in [5.74, 6) is 0.416. The molecule has 12 heavy (non-hydrogen) atoms. The average molecular weight is 185 g/mol. The number of halogens is 1. The quantitative estimate of drug-likeness (QED) is 0.745. The van der Waals surface area contributed by atoms with Crippen LogP contribution in [0.4, 0.5) is 4.39 Å². The lowest BCUT2D eigenvalue weighted by molar-refractivity contribution is 0.418. The van der Waals surface area contributed by atoms with Crippen LogP contribution in [0.15, 0.2) is 11.4 Å². The number of alkyl halides is 1. The van der Waals surface area contributed by atoms with E-state index in [0.717, 1.165) is 13.1 Å². The molecule has 1 aromatic heterocycles. The van der Waals surface area contributed by atoms with Crippen LogP contribution in [0.1, 0.15) is 22.8 Å². The minimum Gasteiger partial charge on any atom is -0.312 e. The van der Waals surface area contributed by atoms with Gasteiger partial charge in [0, 0.05) is 23.9 Å². The second kappa shape index (κ2) is 3.54. The second-order valence-corrected chi connectivity index (χ2v) is 4.06. The topological polar surface area (TPSA) is 12.0 Å². The molecule has 1 atom stereocenters. The van der Waals surface area contributed by atoms with Crippen LogP contribution in [-0.4, -0.2) is 13.2 Å². The second-order valence-electron chi connectivity index (χ2n) is 3.12. The molecular formula is C9H12FNS. The van der Waals surface area contributed by atoms with Gasteiger partial charge in [0.1, 0.15) is 0 Å². The first-order valence-corrected chi connectivity index (χ1v) is 5.12. The maximum atomic E-state index is 12.2. The Morgan fingerprint density at radius 3 is 3.42 bits per heavy atom. The molecule has 0 aliphatic carbocycles. The number of fused-ring (bicyclic) bond motifs is 1. The highest BCUT2D eigenvalue weighted by molar-refractivity contribution is 7.10. The van der Waals surface area contributed by atoms with Gasteiger partial charge in [0.25, 0.3) is 0 Å². The Bertz CT molecular complexity index is 259. The third kappa shape index (κ3) is 1.39. The molecule has 3 heteroatoms. The molecule has 0 radical (unpaired) electrons. The monoisotopic (exact) mass is 185 g/mol.